The standard InChI is InChI=1S/C16H11N3OS/c1-11-2-3-13(19-10-21)8-14(11)15-16(20-9-18-15)12-4-6-17-7-5-12/h2-9H,1H3. The van der Waals surface area contributed by atoms with Crippen molar-refractivity contribution in [3.05, 3.63) is 54.7 Å². The predicted molar refractivity (Wildman–Crippen MR) is 84.6 cm³/mol. The minimum absolute atomic E-state index is 0.712. The van der Waals surface area contributed by atoms with Crippen LogP contribution in [0.4, 0.5) is 5.69 Å². The summed E-state index contributed by atoms with van der Waals surface area (Å²) in [6.07, 6.45) is 4.89. The molecule has 0 bridgehead atoms. The lowest BCUT2D eigenvalue weighted by Gasteiger charge is -2.06. The summed E-state index contributed by atoms with van der Waals surface area (Å²) in [4.78, 5) is 12.4. The van der Waals surface area contributed by atoms with E-state index in [1.54, 1.807) is 12.4 Å². The average molecular weight is 293 g/mol. The number of aryl methyl sites for hydroxylation is 1. The molecular formula is C16H11N3OS. The maximum absolute atomic E-state index is 5.55. The molecule has 21 heavy (non-hydrogen) atoms. The number of aliphatic imine (C=N–C) groups is 1. The van der Waals surface area contributed by atoms with Gasteiger partial charge in [0, 0.05) is 23.5 Å². The topological polar surface area (TPSA) is 51.3 Å². The van der Waals surface area contributed by atoms with Crippen molar-refractivity contribution < 1.29 is 4.42 Å². The molecule has 102 valence electrons. The maximum Gasteiger partial charge on any atom is 0.182 e. The first-order chi connectivity index (χ1) is 10.3. The van der Waals surface area contributed by atoms with Crippen LogP contribution in [0.1, 0.15) is 5.56 Å². The molecule has 0 fully saturated rings. The summed E-state index contributed by atoms with van der Waals surface area (Å²) in [7, 11) is 0. The van der Waals surface area contributed by atoms with E-state index >= 15 is 0 Å². The number of oxazole rings is 1. The number of thiocarbonyl (C=S) groups is 1. The van der Waals surface area contributed by atoms with Gasteiger partial charge in [-0.05, 0) is 49.0 Å². The van der Waals surface area contributed by atoms with Crippen LogP contribution in [-0.4, -0.2) is 15.1 Å². The van der Waals surface area contributed by atoms with Crippen LogP contribution in [0.25, 0.3) is 22.6 Å². The van der Waals surface area contributed by atoms with E-state index in [1.165, 1.54) is 6.39 Å². The Morgan fingerprint density at radius 1 is 1.19 bits per heavy atom. The van der Waals surface area contributed by atoms with Gasteiger partial charge < -0.3 is 4.42 Å². The highest BCUT2D eigenvalue weighted by molar-refractivity contribution is 7.78. The van der Waals surface area contributed by atoms with Gasteiger partial charge in [0.05, 0.1) is 10.8 Å². The number of hydrogen-bond donors (Lipinski definition) is 0. The second-order valence-corrected chi connectivity index (χ2v) is 4.65. The van der Waals surface area contributed by atoms with Crippen LogP contribution in [0.15, 0.2) is 58.5 Å². The Bertz CT molecular complexity index is 821. The van der Waals surface area contributed by atoms with E-state index in [2.05, 4.69) is 32.3 Å². The van der Waals surface area contributed by atoms with Crippen LogP contribution in [0.5, 0.6) is 0 Å². The van der Waals surface area contributed by atoms with Gasteiger partial charge in [0.25, 0.3) is 0 Å². The van der Waals surface area contributed by atoms with Crippen LogP contribution in [0.3, 0.4) is 0 Å². The molecule has 1 aromatic carbocycles. The van der Waals surface area contributed by atoms with Crippen molar-refractivity contribution in [2.75, 3.05) is 0 Å². The fourth-order valence-electron chi connectivity index (χ4n) is 2.13. The predicted octanol–water partition coefficient (Wildman–Crippen LogP) is 4.45. The molecule has 0 saturated carbocycles. The highest BCUT2D eigenvalue weighted by Gasteiger charge is 2.15. The van der Waals surface area contributed by atoms with Crippen molar-refractivity contribution in [1.29, 1.82) is 0 Å². The molecule has 3 rings (SSSR count). The first-order valence-corrected chi connectivity index (χ1v) is 6.73. The highest BCUT2D eigenvalue weighted by atomic mass is 32.1. The second-order valence-electron chi connectivity index (χ2n) is 4.47. The minimum Gasteiger partial charge on any atom is -0.443 e. The van der Waals surface area contributed by atoms with Crippen molar-refractivity contribution in [3.8, 4) is 22.6 Å². The molecule has 2 heterocycles. The molecule has 3 aromatic rings. The summed E-state index contributed by atoms with van der Waals surface area (Å²) < 4.78 is 5.55. The molecule has 0 unspecified atom stereocenters. The lowest BCUT2D eigenvalue weighted by atomic mass is 10.0. The van der Waals surface area contributed by atoms with Crippen LogP contribution >= 0.6 is 12.2 Å². The summed E-state index contributed by atoms with van der Waals surface area (Å²) in [6.45, 7) is 2.02. The van der Waals surface area contributed by atoms with E-state index in [-0.39, 0.29) is 0 Å². The number of pyridine rings is 1. The number of rotatable bonds is 3. The van der Waals surface area contributed by atoms with E-state index in [0.717, 1.165) is 28.1 Å². The van der Waals surface area contributed by atoms with Gasteiger partial charge in [-0.3, -0.25) is 4.98 Å². The summed E-state index contributed by atoms with van der Waals surface area (Å²) in [5.41, 5.74) is 4.50. The molecular weight excluding hydrogens is 282 g/mol. The van der Waals surface area contributed by atoms with Gasteiger partial charge in [-0.1, -0.05) is 6.07 Å². The van der Waals surface area contributed by atoms with E-state index in [1.807, 2.05) is 37.3 Å². The zero-order valence-electron chi connectivity index (χ0n) is 11.3. The number of benzene rings is 1. The number of nitrogens with zero attached hydrogens (tertiary/aromatic N) is 3. The Morgan fingerprint density at radius 3 is 2.76 bits per heavy atom. The summed E-state index contributed by atoms with van der Waals surface area (Å²) >= 11 is 4.65. The normalized spacial score (nSPS) is 10.1. The van der Waals surface area contributed by atoms with Gasteiger partial charge in [-0.2, -0.15) is 4.99 Å². The Hall–Kier alpha value is -2.62. The quantitative estimate of drug-likeness (QED) is 0.529. The summed E-state index contributed by atoms with van der Waals surface area (Å²) in [5, 5.41) is 2.38. The smallest absolute Gasteiger partial charge is 0.182 e. The Kier molecular flexibility index (Phi) is 3.69. The molecule has 0 atom stereocenters. The van der Waals surface area contributed by atoms with Crippen molar-refractivity contribution in [1.82, 2.24) is 9.97 Å². The first kappa shape index (κ1) is 13.4. The molecule has 0 aliphatic heterocycles. The molecule has 0 aliphatic carbocycles. The van der Waals surface area contributed by atoms with E-state index in [9.17, 15) is 0 Å². The number of hydrogen-bond acceptors (Lipinski definition) is 5. The Balaban J connectivity index is 2.16. The molecule has 4 nitrogen and oxygen atoms in total. The third kappa shape index (κ3) is 2.65. The molecule has 2 aromatic heterocycles. The van der Waals surface area contributed by atoms with Gasteiger partial charge in [0.2, 0.25) is 0 Å². The minimum atomic E-state index is 0.712. The zero-order valence-corrected chi connectivity index (χ0v) is 12.1. The van der Waals surface area contributed by atoms with Gasteiger partial charge in [-0.15, -0.1) is 0 Å². The molecule has 5 heteroatoms. The number of isothiocyanates is 1. The van der Waals surface area contributed by atoms with Crippen molar-refractivity contribution in [2.45, 2.75) is 6.92 Å². The average Bonchev–Trinajstić information content (AvgIpc) is 3.00. The van der Waals surface area contributed by atoms with Gasteiger partial charge in [-0.25, -0.2) is 4.98 Å². The summed E-state index contributed by atoms with van der Waals surface area (Å²) in [5.74, 6) is 0.712. The largest absolute Gasteiger partial charge is 0.443 e. The molecule has 0 N–H and O–H groups in total. The first-order valence-electron chi connectivity index (χ1n) is 6.32. The van der Waals surface area contributed by atoms with Crippen LogP contribution in [-0.2, 0) is 0 Å². The van der Waals surface area contributed by atoms with Crippen LogP contribution in [0.2, 0.25) is 0 Å². The van der Waals surface area contributed by atoms with Gasteiger partial charge in [0.1, 0.15) is 5.69 Å². The van der Waals surface area contributed by atoms with Crippen molar-refractivity contribution >= 4 is 23.1 Å². The third-order valence-electron chi connectivity index (χ3n) is 3.16. The van der Waals surface area contributed by atoms with E-state index in [0.29, 0.717) is 5.76 Å². The summed E-state index contributed by atoms with van der Waals surface area (Å²) in [6, 6.07) is 9.57. The van der Waals surface area contributed by atoms with Crippen molar-refractivity contribution in [2.24, 2.45) is 4.99 Å². The van der Waals surface area contributed by atoms with Crippen LogP contribution in [0, 0.1) is 6.92 Å². The zero-order chi connectivity index (χ0) is 14.7. The molecule has 0 aliphatic rings. The Labute approximate surface area is 127 Å². The monoisotopic (exact) mass is 293 g/mol. The maximum atomic E-state index is 5.55. The number of aromatic nitrogens is 2. The molecule has 0 spiro atoms. The second kappa shape index (κ2) is 5.79. The van der Waals surface area contributed by atoms with Gasteiger partial charge in [0.15, 0.2) is 12.2 Å². The fraction of sp³-hybridized carbons (Fsp3) is 0.0625. The lowest BCUT2D eigenvalue weighted by Crippen LogP contribution is -1.86. The highest BCUT2D eigenvalue weighted by Crippen LogP contribution is 2.34. The Morgan fingerprint density at radius 2 is 2.00 bits per heavy atom. The molecule has 0 radical (unpaired) electrons. The van der Waals surface area contributed by atoms with E-state index in [4.69, 9.17) is 4.42 Å². The molecule has 0 saturated heterocycles. The van der Waals surface area contributed by atoms with E-state index < -0.39 is 0 Å². The third-order valence-corrected chi connectivity index (χ3v) is 3.25. The van der Waals surface area contributed by atoms with Crippen molar-refractivity contribution in [3.63, 3.8) is 0 Å². The van der Waals surface area contributed by atoms with Gasteiger partial charge >= 0.3 is 0 Å². The molecule has 0 amide bonds. The SMILES string of the molecule is Cc1ccc(N=C=S)cc1-c1ncoc1-c1ccncc1. The van der Waals surface area contributed by atoms with Crippen LogP contribution < -0.4 is 0 Å². The lowest BCUT2D eigenvalue weighted by molar-refractivity contribution is 0.572. The fourth-order valence-corrected chi connectivity index (χ4v) is 2.24.